The molecular formula is C13H11ClN2O2S. The number of nitro benzene ring substituents is 1. The molecule has 0 aliphatic heterocycles. The van der Waals surface area contributed by atoms with Crippen LogP contribution in [-0.2, 0) is 0 Å². The van der Waals surface area contributed by atoms with E-state index in [0.717, 1.165) is 5.56 Å². The largest absolute Gasteiger partial charge is 0.398 e. The molecule has 2 aromatic rings. The Hall–Kier alpha value is -1.72. The lowest BCUT2D eigenvalue weighted by atomic mass is 10.2. The minimum atomic E-state index is -0.414. The summed E-state index contributed by atoms with van der Waals surface area (Å²) in [5, 5.41) is 11.5. The van der Waals surface area contributed by atoms with Crippen LogP contribution in [0.5, 0.6) is 0 Å². The third-order valence-corrected chi connectivity index (χ3v) is 4.28. The Morgan fingerprint density at radius 3 is 2.63 bits per heavy atom. The molecule has 0 radical (unpaired) electrons. The molecule has 0 bridgehead atoms. The van der Waals surface area contributed by atoms with Crippen LogP contribution in [0, 0.1) is 17.0 Å². The van der Waals surface area contributed by atoms with Crippen molar-refractivity contribution < 1.29 is 4.92 Å². The van der Waals surface area contributed by atoms with Crippen LogP contribution in [0.2, 0.25) is 5.02 Å². The number of halogens is 1. The normalized spacial score (nSPS) is 10.4. The van der Waals surface area contributed by atoms with Gasteiger partial charge < -0.3 is 5.73 Å². The molecule has 19 heavy (non-hydrogen) atoms. The van der Waals surface area contributed by atoms with Gasteiger partial charge >= 0.3 is 0 Å². The van der Waals surface area contributed by atoms with E-state index in [1.54, 1.807) is 24.3 Å². The first kappa shape index (κ1) is 13.7. The first-order chi connectivity index (χ1) is 9.00. The van der Waals surface area contributed by atoms with Crippen molar-refractivity contribution in [3.05, 3.63) is 57.1 Å². The number of nitro groups is 1. The number of nitrogens with two attached hydrogens (primary N) is 1. The van der Waals surface area contributed by atoms with Crippen molar-refractivity contribution in [2.75, 3.05) is 5.73 Å². The van der Waals surface area contributed by atoms with Crippen molar-refractivity contribution >= 4 is 34.7 Å². The molecule has 0 aliphatic rings. The third-order valence-electron chi connectivity index (χ3n) is 2.64. The summed E-state index contributed by atoms with van der Waals surface area (Å²) in [5.41, 5.74) is 7.47. The molecule has 2 rings (SSSR count). The summed E-state index contributed by atoms with van der Waals surface area (Å²) < 4.78 is 0. The zero-order valence-electron chi connectivity index (χ0n) is 10.1. The Bertz CT molecular complexity index is 647. The van der Waals surface area contributed by atoms with E-state index in [4.69, 9.17) is 17.3 Å². The van der Waals surface area contributed by atoms with Crippen LogP contribution >= 0.6 is 23.4 Å². The second kappa shape index (κ2) is 5.50. The Kier molecular flexibility index (Phi) is 3.97. The maximum Gasteiger partial charge on any atom is 0.283 e. The van der Waals surface area contributed by atoms with Crippen LogP contribution in [0.3, 0.4) is 0 Å². The van der Waals surface area contributed by atoms with E-state index in [9.17, 15) is 10.1 Å². The van der Waals surface area contributed by atoms with Crippen LogP contribution < -0.4 is 5.73 Å². The lowest BCUT2D eigenvalue weighted by Crippen LogP contribution is -1.95. The van der Waals surface area contributed by atoms with Gasteiger partial charge in [-0.05, 0) is 24.6 Å². The first-order valence-corrected chi connectivity index (χ1v) is 6.66. The molecule has 2 N–H and O–H groups in total. The van der Waals surface area contributed by atoms with Crippen LogP contribution in [-0.4, -0.2) is 4.92 Å². The lowest BCUT2D eigenvalue weighted by molar-refractivity contribution is -0.387. The molecule has 0 fully saturated rings. The summed E-state index contributed by atoms with van der Waals surface area (Å²) in [7, 11) is 0. The van der Waals surface area contributed by atoms with Gasteiger partial charge in [-0.2, -0.15) is 0 Å². The van der Waals surface area contributed by atoms with Gasteiger partial charge in [0.15, 0.2) is 0 Å². The molecule has 0 aliphatic carbocycles. The minimum absolute atomic E-state index is 0.0458. The van der Waals surface area contributed by atoms with Crippen LogP contribution in [0.4, 0.5) is 11.4 Å². The summed E-state index contributed by atoms with van der Waals surface area (Å²) in [5.74, 6) is 0. The Morgan fingerprint density at radius 1 is 1.26 bits per heavy atom. The fraction of sp³-hybridized carbons (Fsp3) is 0.0769. The maximum atomic E-state index is 11.0. The molecule has 0 atom stereocenters. The Labute approximate surface area is 119 Å². The fourth-order valence-electron chi connectivity index (χ4n) is 1.58. The van der Waals surface area contributed by atoms with E-state index in [1.807, 2.05) is 13.0 Å². The predicted molar refractivity (Wildman–Crippen MR) is 77.8 cm³/mol. The average molecular weight is 295 g/mol. The number of rotatable bonds is 3. The molecule has 2 aromatic carbocycles. The van der Waals surface area contributed by atoms with Gasteiger partial charge in [0.1, 0.15) is 0 Å². The SMILES string of the molecule is Cc1ccc(Cl)c(Sc2ccccc2[N+](=O)[O-])c1N. The van der Waals surface area contributed by atoms with Crippen molar-refractivity contribution in [3.8, 4) is 0 Å². The van der Waals surface area contributed by atoms with Crippen LogP contribution in [0.15, 0.2) is 46.2 Å². The summed E-state index contributed by atoms with van der Waals surface area (Å²) >= 11 is 7.32. The van der Waals surface area contributed by atoms with Gasteiger partial charge in [0.2, 0.25) is 0 Å². The van der Waals surface area contributed by atoms with E-state index in [2.05, 4.69) is 0 Å². The van der Waals surface area contributed by atoms with Crippen molar-refractivity contribution in [2.45, 2.75) is 16.7 Å². The van der Waals surface area contributed by atoms with Gasteiger partial charge in [-0.25, -0.2) is 0 Å². The molecule has 6 heteroatoms. The van der Waals surface area contributed by atoms with Gasteiger partial charge in [0.25, 0.3) is 5.69 Å². The average Bonchev–Trinajstić information content (AvgIpc) is 2.39. The Balaban J connectivity index is 2.48. The zero-order valence-corrected chi connectivity index (χ0v) is 11.7. The summed E-state index contributed by atoms with van der Waals surface area (Å²) in [6.07, 6.45) is 0. The highest BCUT2D eigenvalue weighted by atomic mass is 35.5. The highest BCUT2D eigenvalue weighted by Gasteiger charge is 2.17. The van der Waals surface area contributed by atoms with Gasteiger partial charge in [0.05, 0.1) is 25.4 Å². The molecule has 98 valence electrons. The number of anilines is 1. The molecule has 4 nitrogen and oxygen atoms in total. The van der Waals surface area contributed by atoms with Gasteiger partial charge in [0, 0.05) is 6.07 Å². The second-order valence-electron chi connectivity index (χ2n) is 3.93. The second-order valence-corrected chi connectivity index (χ2v) is 5.39. The molecule has 0 saturated carbocycles. The standard InChI is InChI=1S/C13H11ClN2O2S/c1-8-6-7-9(14)13(12(8)15)19-11-5-3-2-4-10(11)16(17)18/h2-7H,15H2,1H3. The minimum Gasteiger partial charge on any atom is -0.398 e. The smallest absolute Gasteiger partial charge is 0.283 e. The number of para-hydroxylation sites is 1. The molecule has 0 aromatic heterocycles. The number of nitrogen functional groups attached to an aromatic ring is 1. The maximum absolute atomic E-state index is 11.0. The van der Waals surface area contributed by atoms with E-state index in [0.29, 0.717) is 20.5 Å². The Morgan fingerprint density at radius 2 is 1.95 bits per heavy atom. The lowest BCUT2D eigenvalue weighted by Gasteiger charge is -2.10. The predicted octanol–water partition coefficient (Wildman–Crippen LogP) is 4.29. The number of nitrogens with zero attached hydrogens (tertiary/aromatic N) is 1. The van der Waals surface area contributed by atoms with Crippen LogP contribution in [0.25, 0.3) is 0 Å². The summed E-state index contributed by atoms with van der Waals surface area (Å²) in [6.45, 7) is 1.87. The fourth-order valence-corrected chi connectivity index (χ4v) is 2.91. The van der Waals surface area contributed by atoms with Crippen molar-refractivity contribution in [1.29, 1.82) is 0 Å². The molecule has 0 saturated heterocycles. The number of aryl methyl sites for hydroxylation is 1. The van der Waals surface area contributed by atoms with E-state index in [-0.39, 0.29) is 5.69 Å². The number of hydrogen-bond donors (Lipinski definition) is 1. The zero-order chi connectivity index (χ0) is 14.0. The van der Waals surface area contributed by atoms with Crippen LogP contribution in [0.1, 0.15) is 5.56 Å². The van der Waals surface area contributed by atoms with E-state index in [1.165, 1.54) is 17.8 Å². The quantitative estimate of drug-likeness (QED) is 0.521. The molecule has 0 amide bonds. The van der Waals surface area contributed by atoms with Gasteiger partial charge in [-0.15, -0.1) is 0 Å². The summed E-state index contributed by atoms with van der Waals surface area (Å²) in [6, 6.07) is 10.1. The highest BCUT2D eigenvalue weighted by molar-refractivity contribution is 7.99. The third kappa shape index (κ3) is 2.83. The van der Waals surface area contributed by atoms with Crippen molar-refractivity contribution in [1.82, 2.24) is 0 Å². The number of benzene rings is 2. The molecular weight excluding hydrogens is 284 g/mol. The highest BCUT2D eigenvalue weighted by Crippen LogP contribution is 2.42. The molecule has 0 heterocycles. The van der Waals surface area contributed by atoms with E-state index < -0.39 is 4.92 Å². The van der Waals surface area contributed by atoms with Gasteiger partial charge in [-0.1, -0.05) is 41.6 Å². The monoisotopic (exact) mass is 294 g/mol. The van der Waals surface area contributed by atoms with E-state index >= 15 is 0 Å². The topological polar surface area (TPSA) is 69.2 Å². The number of hydrogen-bond acceptors (Lipinski definition) is 4. The van der Waals surface area contributed by atoms with Crippen molar-refractivity contribution in [2.24, 2.45) is 0 Å². The molecule has 0 unspecified atom stereocenters. The molecule has 0 spiro atoms. The van der Waals surface area contributed by atoms with Crippen molar-refractivity contribution in [3.63, 3.8) is 0 Å². The summed E-state index contributed by atoms with van der Waals surface area (Å²) in [4.78, 5) is 11.7. The van der Waals surface area contributed by atoms with Gasteiger partial charge in [-0.3, -0.25) is 10.1 Å². The first-order valence-electron chi connectivity index (χ1n) is 5.46.